The van der Waals surface area contributed by atoms with Gasteiger partial charge in [-0.3, -0.25) is 4.79 Å². The third kappa shape index (κ3) is 4.78. The van der Waals surface area contributed by atoms with Crippen molar-refractivity contribution in [3.63, 3.8) is 0 Å². The Morgan fingerprint density at radius 3 is 2.11 bits per heavy atom. The molecule has 0 heterocycles. The van der Waals surface area contributed by atoms with E-state index in [4.69, 9.17) is 0 Å². The average molecular weight is 377 g/mol. The predicted molar refractivity (Wildman–Crippen MR) is 106 cm³/mol. The molecule has 0 radical (unpaired) electrons. The molecule has 0 bridgehead atoms. The molecule has 3 heteroatoms. The Hall–Kier alpha value is -1.25. The van der Waals surface area contributed by atoms with E-state index < -0.39 is 11.6 Å². The van der Waals surface area contributed by atoms with Crippen molar-refractivity contribution in [2.45, 2.75) is 84.5 Å². The van der Waals surface area contributed by atoms with E-state index >= 15 is 0 Å². The van der Waals surface area contributed by atoms with E-state index in [2.05, 4.69) is 6.92 Å². The van der Waals surface area contributed by atoms with Crippen LogP contribution in [-0.2, 0) is 0 Å². The van der Waals surface area contributed by atoms with Gasteiger partial charge in [-0.2, -0.15) is 0 Å². The van der Waals surface area contributed by atoms with Gasteiger partial charge in [0.15, 0.2) is 17.4 Å². The monoisotopic (exact) mass is 376 g/mol. The minimum atomic E-state index is -0.965. The number of rotatable bonds is 6. The van der Waals surface area contributed by atoms with E-state index in [9.17, 15) is 13.6 Å². The number of Topliss-reactive ketones (excluding diaryl/α,β-unsaturated/α-hetero) is 1. The summed E-state index contributed by atoms with van der Waals surface area (Å²) in [5, 5.41) is 0. The zero-order valence-electron chi connectivity index (χ0n) is 16.9. The first-order valence-corrected chi connectivity index (χ1v) is 11.0. The number of unbranched alkanes of at least 4 members (excludes halogenated alkanes) is 1. The van der Waals surface area contributed by atoms with Gasteiger partial charge in [-0.15, -0.1) is 0 Å². The van der Waals surface area contributed by atoms with Crippen LogP contribution in [0.5, 0.6) is 0 Å². The molecule has 0 saturated heterocycles. The van der Waals surface area contributed by atoms with Crippen molar-refractivity contribution < 1.29 is 13.6 Å². The molecule has 0 spiro atoms. The number of hydrogen-bond donors (Lipinski definition) is 0. The van der Waals surface area contributed by atoms with Crippen LogP contribution in [0.2, 0.25) is 0 Å². The van der Waals surface area contributed by atoms with Gasteiger partial charge >= 0.3 is 0 Å². The van der Waals surface area contributed by atoms with Crippen LogP contribution in [-0.4, -0.2) is 5.78 Å². The number of halogens is 2. The third-order valence-electron chi connectivity index (χ3n) is 7.21. The Kier molecular flexibility index (Phi) is 7.05. The topological polar surface area (TPSA) is 17.1 Å². The molecular formula is C24H34F2O. The van der Waals surface area contributed by atoms with E-state index in [1.807, 2.05) is 0 Å². The van der Waals surface area contributed by atoms with Crippen molar-refractivity contribution in [2.24, 2.45) is 23.7 Å². The van der Waals surface area contributed by atoms with Gasteiger partial charge in [0.1, 0.15) is 0 Å². The van der Waals surface area contributed by atoms with Gasteiger partial charge in [0.25, 0.3) is 0 Å². The lowest BCUT2D eigenvalue weighted by Crippen LogP contribution is -2.28. The Morgan fingerprint density at radius 1 is 0.926 bits per heavy atom. The normalized spacial score (nSPS) is 28.9. The van der Waals surface area contributed by atoms with Crippen LogP contribution in [0.25, 0.3) is 0 Å². The minimum Gasteiger partial charge on any atom is -0.294 e. The molecule has 0 aromatic heterocycles. The average Bonchev–Trinajstić information content (AvgIpc) is 2.71. The van der Waals surface area contributed by atoms with Crippen LogP contribution in [0.1, 0.15) is 93.5 Å². The van der Waals surface area contributed by atoms with E-state index in [-0.39, 0.29) is 22.8 Å². The highest BCUT2D eigenvalue weighted by molar-refractivity contribution is 5.98. The molecule has 3 rings (SSSR count). The van der Waals surface area contributed by atoms with Gasteiger partial charge in [-0.05, 0) is 74.8 Å². The summed E-state index contributed by atoms with van der Waals surface area (Å²) in [7, 11) is 0. The maximum absolute atomic E-state index is 14.2. The summed E-state index contributed by atoms with van der Waals surface area (Å²) in [6, 6.07) is 2.97. The van der Waals surface area contributed by atoms with Crippen LogP contribution in [0.3, 0.4) is 0 Å². The van der Waals surface area contributed by atoms with Gasteiger partial charge in [-0.25, -0.2) is 8.78 Å². The van der Waals surface area contributed by atoms with Crippen molar-refractivity contribution in [1.82, 2.24) is 0 Å². The highest BCUT2D eigenvalue weighted by Crippen LogP contribution is 2.43. The maximum Gasteiger partial charge on any atom is 0.169 e. The second kappa shape index (κ2) is 9.30. The molecule has 0 unspecified atom stereocenters. The minimum absolute atomic E-state index is 0.0574. The van der Waals surface area contributed by atoms with Crippen molar-refractivity contribution in [3.8, 4) is 0 Å². The van der Waals surface area contributed by atoms with Crippen molar-refractivity contribution in [3.05, 3.63) is 34.9 Å². The number of carbonyl (C=O) groups excluding carboxylic acids is 1. The molecule has 2 aliphatic rings. The summed E-state index contributed by atoms with van der Waals surface area (Å²) < 4.78 is 28.0. The first-order chi connectivity index (χ1) is 13.0. The molecule has 1 aromatic carbocycles. The summed E-state index contributed by atoms with van der Waals surface area (Å²) in [6.45, 7) is 3.79. The van der Waals surface area contributed by atoms with Gasteiger partial charge in [0.2, 0.25) is 0 Å². The van der Waals surface area contributed by atoms with Crippen LogP contribution < -0.4 is 0 Å². The molecule has 27 heavy (non-hydrogen) atoms. The zero-order valence-corrected chi connectivity index (χ0v) is 16.9. The zero-order chi connectivity index (χ0) is 19.4. The van der Waals surface area contributed by atoms with Gasteiger partial charge in [0, 0.05) is 5.92 Å². The lowest BCUT2D eigenvalue weighted by Gasteiger charge is -2.37. The maximum atomic E-state index is 14.2. The Bertz CT molecular complexity index is 638. The molecule has 2 saturated carbocycles. The van der Waals surface area contributed by atoms with Crippen molar-refractivity contribution in [2.75, 3.05) is 0 Å². The fourth-order valence-electron chi connectivity index (χ4n) is 5.35. The van der Waals surface area contributed by atoms with E-state index in [0.29, 0.717) is 0 Å². The molecular weight excluding hydrogens is 342 g/mol. The van der Waals surface area contributed by atoms with Gasteiger partial charge < -0.3 is 0 Å². The molecule has 150 valence electrons. The van der Waals surface area contributed by atoms with Crippen molar-refractivity contribution >= 4 is 5.78 Å². The van der Waals surface area contributed by atoms with E-state index in [1.165, 1.54) is 64.0 Å². The molecule has 0 amide bonds. The molecule has 1 nitrogen and oxygen atoms in total. The SMILES string of the molecule is CCCCC1CCC(C2CCC(C(=O)c3ccc(C)c(F)c3F)CC2)CC1. The molecule has 0 atom stereocenters. The standard InChI is InChI=1S/C24H34F2O/c1-3-4-5-17-7-9-18(10-8-17)19-11-13-20(14-12-19)24(27)21-15-6-16(2)22(25)23(21)26/h6,15,17-20H,3-5,7-14H2,1-2H3. The number of ketones is 1. The highest BCUT2D eigenvalue weighted by Gasteiger charge is 2.34. The molecule has 0 N–H and O–H groups in total. The van der Waals surface area contributed by atoms with E-state index in [1.54, 1.807) is 0 Å². The summed E-state index contributed by atoms with van der Waals surface area (Å²) >= 11 is 0. The number of hydrogen-bond acceptors (Lipinski definition) is 1. The molecule has 1 aromatic rings. The summed E-state index contributed by atoms with van der Waals surface area (Å²) in [5.41, 5.74) is 0.195. The fourth-order valence-corrected chi connectivity index (χ4v) is 5.35. The van der Waals surface area contributed by atoms with Crippen LogP contribution in [0.4, 0.5) is 8.78 Å². The smallest absolute Gasteiger partial charge is 0.169 e. The number of aryl methyl sites for hydroxylation is 1. The van der Waals surface area contributed by atoms with Crippen LogP contribution in [0.15, 0.2) is 12.1 Å². The summed E-state index contributed by atoms with van der Waals surface area (Å²) in [5.74, 6) is 0.278. The lowest BCUT2D eigenvalue weighted by atomic mass is 9.68. The summed E-state index contributed by atoms with van der Waals surface area (Å²) in [4.78, 5) is 12.7. The van der Waals surface area contributed by atoms with Gasteiger partial charge in [0.05, 0.1) is 5.56 Å². The summed E-state index contributed by atoms with van der Waals surface area (Å²) in [6.07, 6.45) is 13.3. The molecule has 0 aliphatic heterocycles. The predicted octanol–water partition coefficient (Wildman–Crippen LogP) is 7.26. The third-order valence-corrected chi connectivity index (χ3v) is 7.21. The largest absolute Gasteiger partial charge is 0.294 e. The molecule has 2 fully saturated rings. The first kappa shape index (κ1) is 20.5. The Morgan fingerprint density at radius 2 is 1.52 bits per heavy atom. The second-order valence-electron chi connectivity index (χ2n) is 8.96. The quantitative estimate of drug-likeness (QED) is 0.478. The van der Waals surface area contributed by atoms with Crippen molar-refractivity contribution in [1.29, 1.82) is 0 Å². The highest BCUT2D eigenvalue weighted by atomic mass is 19.2. The van der Waals surface area contributed by atoms with Crippen LogP contribution >= 0.6 is 0 Å². The van der Waals surface area contributed by atoms with E-state index in [0.717, 1.165) is 43.4 Å². The number of benzene rings is 1. The molecule has 2 aliphatic carbocycles. The first-order valence-electron chi connectivity index (χ1n) is 11.0. The fraction of sp³-hybridized carbons (Fsp3) is 0.708. The Labute approximate surface area is 162 Å². The van der Waals surface area contributed by atoms with Gasteiger partial charge in [-0.1, -0.05) is 45.1 Å². The Balaban J connectivity index is 1.51. The second-order valence-corrected chi connectivity index (χ2v) is 8.96. The number of carbonyl (C=O) groups is 1. The van der Waals surface area contributed by atoms with Crippen LogP contribution in [0, 0.1) is 42.2 Å². The lowest BCUT2D eigenvalue weighted by molar-refractivity contribution is 0.0823.